The molecule has 1 fully saturated rings. The summed E-state index contributed by atoms with van der Waals surface area (Å²) in [7, 11) is 0. The Bertz CT molecular complexity index is 308. The number of rotatable bonds is 8. The monoisotopic (exact) mass is 253 g/mol. The second-order valence-corrected chi connectivity index (χ2v) is 5.68. The van der Waals surface area contributed by atoms with Gasteiger partial charge in [-0.25, -0.2) is 0 Å². The maximum Gasteiger partial charge on any atom is 0.0805 e. The molecule has 2 atom stereocenters. The fourth-order valence-corrected chi connectivity index (χ4v) is 3.10. The minimum absolute atomic E-state index is 0.366. The van der Waals surface area contributed by atoms with Crippen molar-refractivity contribution in [1.82, 2.24) is 5.32 Å². The zero-order valence-electron chi connectivity index (χ0n) is 10.8. The SMILES string of the molecule is CCCNC(c1cccs1)C(OCC)C1CC1. The summed E-state index contributed by atoms with van der Waals surface area (Å²) in [6.07, 6.45) is 4.21. The van der Waals surface area contributed by atoms with Gasteiger partial charge in [0.05, 0.1) is 12.1 Å². The van der Waals surface area contributed by atoms with E-state index >= 15 is 0 Å². The first-order chi connectivity index (χ1) is 8.36. The number of nitrogens with one attached hydrogen (secondary N) is 1. The van der Waals surface area contributed by atoms with Crippen LogP contribution in [-0.2, 0) is 4.74 Å². The predicted octanol–water partition coefficient (Wildman–Crippen LogP) is 3.60. The molecule has 3 heteroatoms. The summed E-state index contributed by atoms with van der Waals surface area (Å²) in [5.74, 6) is 0.770. The second-order valence-electron chi connectivity index (χ2n) is 4.70. The molecule has 1 aromatic heterocycles. The predicted molar refractivity (Wildman–Crippen MR) is 73.5 cm³/mol. The molecule has 1 saturated carbocycles. The first-order valence-corrected chi connectivity index (χ1v) is 7.63. The van der Waals surface area contributed by atoms with Crippen LogP contribution >= 0.6 is 11.3 Å². The average molecular weight is 253 g/mol. The number of hydrogen-bond acceptors (Lipinski definition) is 3. The van der Waals surface area contributed by atoms with Gasteiger partial charge < -0.3 is 10.1 Å². The molecule has 1 aromatic rings. The lowest BCUT2D eigenvalue weighted by Crippen LogP contribution is -2.35. The van der Waals surface area contributed by atoms with Crippen LogP contribution in [0.5, 0.6) is 0 Å². The first kappa shape index (κ1) is 13.1. The van der Waals surface area contributed by atoms with Crippen molar-refractivity contribution in [1.29, 1.82) is 0 Å². The van der Waals surface area contributed by atoms with Gasteiger partial charge in [-0.3, -0.25) is 0 Å². The van der Waals surface area contributed by atoms with Gasteiger partial charge in [-0.1, -0.05) is 13.0 Å². The second kappa shape index (κ2) is 6.53. The van der Waals surface area contributed by atoms with E-state index in [2.05, 4.69) is 36.7 Å². The van der Waals surface area contributed by atoms with Crippen LogP contribution in [0.3, 0.4) is 0 Å². The molecule has 0 spiro atoms. The van der Waals surface area contributed by atoms with Gasteiger partial charge >= 0.3 is 0 Å². The van der Waals surface area contributed by atoms with Crippen LogP contribution in [0.15, 0.2) is 17.5 Å². The van der Waals surface area contributed by atoms with Gasteiger partial charge in [0.15, 0.2) is 0 Å². The van der Waals surface area contributed by atoms with E-state index in [9.17, 15) is 0 Å². The van der Waals surface area contributed by atoms with Gasteiger partial charge in [0.25, 0.3) is 0 Å². The molecule has 0 radical (unpaired) electrons. The van der Waals surface area contributed by atoms with Gasteiger partial charge in [-0.15, -0.1) is 11.3 Å². The molecule has 1 aliphatic carbocycles. The van der Waals surface area contributed by atoms with Gasteiger partial charge in [0, 0.05) is 11.5 Å². The summed E-state index contributed by atoms with van der Waals surface area (Å²) in [6.45, 7) is 6.20. The molecule has 1 N–H and O–H groups in total. The molecule has 0 amide bonds. The Balaban J connectivity index is 2.06. The molecule has 96 valence electrons. The highest BCUT2D eigenvalue weighted by molar-refractivity contribution is 7.10. The van der Waals surface area contributed by atoms with Crippen LogP contribution in [0.1, 0.15) is 44.0 Å². The van der Waals surface area contributed by atoms with Crippen molar-refractivity contribution >= 4 is 11.3 Å². The highest BCUT2D eigenvalue weighted by Crippen LogP contribution is 2.40. The topological polar surface area (TPSA) is 21.3 Å². The number of hydrogen-bond donors (Lipinski definition) is 1. The summed E-state index contributed by atoms with van der Waals surface area (Å²) in [5.41, 5.74) is 0. The van der Waals surface area contributed by atoms with Gasteiger partial charge in [-0.05, 0) is 50.1 Å². The molecule has 17 heavy (non-hydrogen) atoms. The summed E-state index contributed by atoms with van der Waals surface area (Å²) < 4.78 is 5.99. The van der Waals surface area contributed by atoms with Crippen molar-refractivity contribution in [2.45, 2.75) is 45.3 Å². The van der Waals surface area contributed by atoms with E-state index in [1.807, 2.05) is 11.3 Å². The number of ether oxygens (including phenoxy) is 1. The van der Waals surface area contributed by atoms with Crippen molar-refractivity contribution in [3.05, 3.63) is 22.4 Å². The fraction of sp³-hybridized carbons (Fsp3) is 0.714. The Labute approximate surface area is 108 Å². The van der Waals surface area contributed by atoms with Crippen molar-refractivity contribution < 1.29 is 4.74 Å². The normalized spacial score (nSPS) is 19.2. The van der Waals surface area contributed by atoms with Crippen LogP contribution in [0.4, 0.5) is 0 Å². The quantitative estimate of drug-likeness (QED) is 0.764. The summed E-state index contributed by atoms with van der Waals surface area (Å²) in [5, 5.41) is 5.82. The zero-order chi connectivity index (χ0) is 12.1. The van der Waals surface area contributed by atoms with Crippen molar-refractivity contribution in [2.75, 3.05) is 13.2 Å². The average Bonchev–Trinajstić information content (AvgIpc) is 3.04. The van der Waals surface area contributed by atoms with Gasteiger partial charge in [-0.2, -0.15) is 0 Å². The van der Waals surface area contributed by atoms with Crippen molar-refractivity contribution in [3.63, 3.8) is 0 Å². The Hall–Kier alpha value is -0.380. The van der Waals surface area contributed by atoms with Gasteiger partial charge in [0.1, 0.15) is 0 Å². The Morgan fingerprint density at radius 2 is 2.29 bits per heavy atom. The first-order valence-electron chi connectivity index (χ1n) is 6.75. The van der Waals surface area contributed by atoms with E-state index in [1.165, 1.54) is 24.1 Å². The van der Waals surface area contributed by atoms with Crippen molar-refractivity contribution in [2.24, 2.45) is 5.92 Å². The standard InChI is InChI=1S/C14H23NOS/c1-3-9-15-13(12-6-5-10-17-12)14(16-4-2)11-7-8-11/h5-6,10-11,13-15H,3-4,7-9H2,1-2H3. The van der Waals surface area contributed by atoms with E-state index in [1.54, 1.807) is 0 Å². The highest BCUT2D eigenvalue weighted by Gasteiger charge is 2.38. The van der Waals surface area contributed by atoms with E-state index < -0.39 is 0 Å². The zero-order valence-corrected chi connectivity index (χ0v) is 11.6. The summed E-state index contributed by atoms with van der Waals surface area (Å²) >= 11 is 1.84. The molecule has 0 bridgehead atoms. The fourth-order valence-electron chi connectivity index (χ4n) is 2.27. The third kappa shape index (κ3) is 3.54. The number of thiophene rings is 1. The highest BCUT2D eigenvalue weighted by atomic mass is 32.1. The molecule has 2 rings (SSSR count). The molecule has 1 heterocycles. The molecule has 0 saturated heterocycles. The molecular weight excluding hydrogens is 230 g/mol. The minimum atomic E-state index is 0.366. The molecule has 2 nitrogen and oxygen atoms in total. The van der Waals surface area contributed by atoms with Crippen LogP contribution in [0.25, 0.3) is 0 Å². The Morgan fingerprint density at radius 3 is 2.82 bits per heavy atom. The third-order valence-corrected chi connectivity index (χ3v) is 4.19. The lowest BCUT2D eigenvalue weighted by Gasteiger charge is -2.27. The summed E-state index contributed by atoms with van der Waals surface area (Å²) in [6, 6.07) is 4.76. The van der Waals surface area contributed by atoms with Crippen molar-refractivity contribution in [3.8, 4) is 0 Å². The van der Waals surface area contributed by atoms with Crippen LogP contribution < -0.4 is 5.32 Å². The lowest BCUT2D eigenvalue weighted by molar-refractivity contribution is 0.0195. The van der Waals surface area contributed by atoms with E-state index in [0.717, 1.165) is 19.1 Å². The maximum absolute atomic E-state index is 5.99. The molecule has 0 aromatic carbocycles. The van der Waals surface area contributed by atoms with E-state index in [0.29, 0.717) is 12.1 Å². The van der Waals surface area contributed by atoms with Gasteiger partial charge in [0.2, 0.25) is 0 Å². The molecule has 0 aliphatic heterocycles. The Morgan fingerprint density at radius 1 is 1.47 bits per heavy atom. The smallest absolute Gasteiger partial charge is 0.0805 e. The molecule has 2 unspecified atom stereocenters. The molecular formula is C14H23NOS. The lowest BCUT2D eigenvalue weighted by atomic mass is 10.0. The van der Waals surface area contributed by atoms with E-state index in [4.69, 9.17) is 4.74 Å². The maximum atomic E-state index is 5.99. The van der Waals surface area contributed by atoms with Crippen LogP contribution in [0.2, 0.25) is 0 Å². The minimum Gasteiger partial charge on any atom is -0.376 e. The Kier molecular flexibility index (Phi) is 5.01. The third-order valence-electron chi connectivity index (χ3n) is 3.24. The van der Waals surface area contributed by atoms with E-state index in [-0.39, 0.29) is 0 Å². The largest absolute Gasteiger partial charge is 0.376 e. The van der Waals surface area contributed by atoms with Crippen LogP contribution in [0, 0.1) is 5.92 Å². The molecule has 1 aliphatic rings. The summed E-state index contributed by atoms with van der Waals surface area (Å²) in [4.78, 5) is 1.42. The van der Waals surface area contributed by atoms with Crippen LogP contribution in [-0.4, -0.2) is 19.3 Å².